The van der Waals surface area contributed by atoms with Gasteiger partial charge in [-0.1, -0.05) is 12.8 Å². The zero-order chi connectivity index (χ0) is 8.27. The third kappa shape index (κ3) is 2.40. The maximum atomic E-state index is 11.0. The van der Waals surface area contributed by atoms with Gasteiger partial charge in [0.15, 0.2) is 3.79 Å². The van der Waals surface area contributed by atoms with E-state index in [-0.39, 0.29) is 22.2 Å². The molecule has 0 radical (unpaired) electrons. The van der Waals surface area contributed by atoms with E-state index in [9.17, 15) is 4.79 Å². The Balaban J connectivity index is 2.51. The number of carbonyl (C=O) groups is 1. The second-order valence-corrected chi connectivity index (χ2v) is 4.20. The van der Waals surface area contributed by atoms with E-state index >= 15 is 0 Å². The van der Waals surface area contributed by atoms with Crippen molar-refractivity contribution in [3.63, 3.8) is 0 Å². The summed E-state index contributed by atoms with van der Waals surface area (Å²) >= 11 is 1.85. The van der Waals surface area contributed by atoms with Crippen molar-refractivity contribution in [3.05, 3.63) is 0 Å². The van der Waals surface area contributed by atoms with Gasteiger partial charge < -0.3 is 5.11 Å². The standard InChI is InChI=1S/C8H13IO2/c9-8(11)7-4-2-1-3-6(7)5-10/h6-7,10H,1-5H2. The van der Waals surface area contributed by atoms with Crippen molar-refractivity contribution in [2.45, 2.75) is 25.7 Å². The molecule has 0 heterocycles. The van der Waals surface area contributed by atoms with E-state index in [0.29, 0.717) is 0 Å². The second-order valence-electron chi connectivity index (χ2n) is 3.14. The predicted octanol–water partition coefficient (Wildman–Crippen LogP) is 1.75. The Bertz CT molecular complexity index is 147. The van der Waals surface area contributed by atoms with Crippen molar-refractivity contribution in [2.75, 3.05) is 6.61 Å². The first-order valence-corrected chi connectivity index (χ1v) is 5.13. The lowest BCUT2D eigenvalue weighted by atomic mass is 9.81. The molecule has 1 aliphatic rings. The van der Waals surface area contributed by atoms with Gasteiger partial charge in [0.1, 0.15) is 0 Å². The zero-order valence-corrected chi connectivity index (χ0v) is 8.58. The highest BCUT2D eigenvalue weighted by atomic mass is 127. The Morgan fingerprint density at radius 3 is 2.55 bits per heavy atom. The molecule has 1 N–H and O–H groups in total. The second kappa shape index (κ2) is 4.40. The molecule has 3 heteroatoms. The van der Waals surface area contributed by atoms with Gasteiger partial charge in [0.25, 0.3) is 0 Å². The van der Waals surface area contributed by atoms with Crippen LogP contribution in [0.3, 0.4) is 0 Å². The van der Waals surface area contributed by atoms with Gasteiger partial charge >= 0.3 is 0 Å². The average Bonchev–Trinajstić information content (AvgIpc) is 2.04. The number of halogens is 1. The van der Waals surface area contributed by atoms with Crippen LogP contribution in [-0.4, -0.2) is 15.5 Å². The van der Waals surface area contributed by atoms with E-state index in [1.165, 1.54) is 6.42 Å². The van der Waals surface area contributed by atoms with Crippen LogP contribution in [0.15, 0.2) is 0 Å². The van der Waals surface area contributed by atoms with Crippen LogP contribution in [0.4, 0.5) is 0 Å². The number of hydrogen-bond acceptors (Lipinski definition) is 2. The molecule has 0 aliphatic heterocycles. The van der Waals surface area contributed by atoms with E-state index in [1.807, 2.05) is 22.6 Å². The molecule has 11 heavy (non-hydrogen) atoms. The van der Waals surface area contributed by atoms with Gasteiger partial charge in [0.2, 0.25) is 0 Å². The largest absolute Gasteiger partial charge is 0.396 e. The topological polar surface area (TPSA) is 37.3 Å². The van der Waals surface area contributed by atoms with E-state index < -0.39 is 0 Å². The summed E-state index contributed by atoms with van der Waals surface area (Å²) < 4.78 is 0.223. The minimum atomic E-state index is 0.134. The first kappa shape index (κ1) is 9.45. The molecule has 1 saturated carbocycles. The molecule has 1 rings (SSSR count). The summed E-state index contributed by atoms with van der Waals surface area (Å²) in [6.07, 6.45) is 4.32. The number of aliphatic hydroxyl groups excluding tert-OH is 1. The number of hydrogen-bond donors (Lipinski definition) is 1. The highest BCUT2D eigenvalue weighted by Crippen LogP contribution is 2.31. The molecule has 2 nitrogen and oxygen atoms in total. The minimum absolute atomic E-state index is 0.134. The van der Waals surface area contributed by atoms with Gasteiger partial charge in [-0.05, 0) is 41.4 Å². The normalized spacial score (nSPS) is 31.8. The summed E-state index contributed by atoms with van der Waals surface area (Å²) in [5.41, 5.74) is 0. The molecule has 2 unspecified atom stereocenters. The van der Waals surface area contributed by atoms with Crippen LogP contribution in [0.1, 0.15) is 25.7 Å². The molecular formula is C8H13IO2. The van der Waals surface area contributed by atoms with Crippen molar-refractivity contribution in [1.29, 1.82) is 0 Å². The molecular weight excluding hydrogens is 255 g/mol. The van der Waals surface area contributed by atoms with E-state index in [2.05, 4.69) is 0 Å². The number of aliphatic hydroxyl groups is 1. The van der Waals surface area contributed by atoms with Crippen LogP contribution in [0, 0.1) is 11.8 Å². The Kier molecular flexibility index (Phi) is 3.78. The first-order chi connectivity index (χ1) is 5.25. The molecule has 0 amide bonds. The fraction of sp³-hybridized carbons (Fsp3) is 0.875. The van der Waals surface area contributed by atoms with Gasteiger partial charge in [0.05, 0.1) is 0 Å². The quantitative estimate of drug-likeness (QED) is 0.612. The maximum Gasteiger partial charge on any atom is 0.195 e. The van der Waals surface area contributed by atoms with Crippen LogP contribution in [0.5, 0.6) is 0 Å². The summed E-state index contributed by atoms with van der Waals surface area (Å²) in [5.74, 6) is 0.377. The lowest BCUT2D eigenvalue weighted by molar-refractivity contribution is -0.115. The summed E-state index contributed by atoms with van der Waals surface area (Å²) in [4.78, 5) is 11.0. The van der Waals surface area contributed by atoms with Crippen molar-refractivity contribution >= 4 is 26.4 Å². The lowest BCUT2D eigenvalue weighted by Gasteiger charge is -2.27. The lowest BCUT2D eigenvalue weighted by Crippen LogP contribution is -2.26. The molecule has 2 atom stereocenters. The van der Waals surface area contributed by atoms with E-state index in [1.54, 1.807) is 0 Å². The highest BCUT2D eigenvalue weighted by molar-refractivity contribution is 14.1. The van der Waals surface area contributed by atoms with Crippen LogP contribution in [-0.2, 0) is 4.79 Å². The SMILES string of the molecule is O=C(I)C1CCCCC1CO. The summed E-state index contributed by atoms with van der Waals surface area (Å²) in [5, 5.41) is 8.95. The van der Waals surface area contributed by atoms with Crippen LogP contribution >= 0.6 is 22.6 Å². The molecule has 64 valence electrons. The monoisotopic (exact) mass is 268 g/mol. The maximum absolute atomic E-state index is 11.0. The fourth-order valence-corrected chi connectivity index (χ4v) is 2.54. The average molecular weight is 268 g/mol. The Hall–Kier alpha value is 0.360. The number of carbonyl (C=O) groups excluding carboxylic acids is 1. The van der Waals surface area contributed by atoms with Gasteiger partial charge in [0, 0.05) is 12.5 Å². The fourth-order valence-electron chi connectivity index (χ4n) is 1.72. The third-order valence-electron chi connectivity index (χ3n) is 2.44. The van der Waals surface area contributed by atoms with Gasteiger partial charge in [-0.25, -0.2) is 0 Å². The highest BCUT2D eigenvalue weighted by Gasteiger charge is 2.28. The van der Waals surface area contributed by atoms with Crippen LogP contribution in [0.2, 0.25) is 0 Å². The molecule has 0 spiro atoms. The molecule has 0 aromatic rings. The minimum Gasteiger partial charge on any atom is -0.396 e. The third-order valence-corrected chi connectivity index (χ3v) is 3.24. The molecule has 0 saturated heterocycles. The number of rotatable bonds is 2. The Morgan fingerprint density at radius 2 is 2.09 bits per heavy atom. The predicted molar refractivity (Wildman–Crippen MR) is 51.6 cm³/mol. The van der Waals surface area contributed by atoms with Gasteiger partial charge in [-0.15, -0.1) is 0 Å². The van der Waals surface area contributed by atoms with Crippen LogP contribution in [0.25, 0.3) is 0 Å². The first-order valence-electron chi connectivity index (χ1n) is 4.06. The summed E-state index contributed by atoms with van der Waals surface area (Å²) in [6, 6.07) is 0. The molecule has 1 aliphatic carbocycles. The molecule has 0 bridgehead atoms. The van der Waals surface area contributed by atoms with Gasteiger partial charge in [-0.3, -0.25) is 4.79 Å². The summed E-state index contributed by atoms with van der Waals surface area (Å²) in [7, 11) is 0. The molecule has 0 aromatic carbocycles. The van der Waals surface area contributed by atoms with Crippen molar-refractivity contribution < 1.29 is 9.90 Å². The van der Waals surface area contributed by atoms with Crippen molar-refractivity contribution in [3.8, 4) is 0 Å². The van der Waals surface area contributed by atoms with Gasteiger partial charge in [-0.2, -0.15) is 0 Å². The Labute approximate surface area is 80.5 Å². The smallest absolute Gasteiger partial charge is 0.195 e. The van der Waals surface area contributed by atoms with E-state index in [0.717, 1.165) is 19.3 Å². The van der Waals surface area contributed by atoms with E-state index in [4.69, 9.17) is 5.11 Å². The van der Waals surface area contributed by atoms with Crippen molar-refractivity contribution in [1.82, 2.24) is 0 Å². The Morgan fingerprint density at radius 1 is 1.45 bits per heavy atom. The summed E-state index contributed by atoms with van der Waals surface area (Å²) in [6.45, 7) is 0.180. The molecule has 0 aromatic heterocycles. The van der Waals surface area contributed by atoms with Crippen molar-refractivity contribution in [2.24, 2.45) is 11.8 Å². The molecule has 1 fully saturated rings. The van der Waals surface area contributed by atoms with Crippen LogP contribution < -0.4 is 0 Å². The zero-order valence-electron chi connectivity index (χ0n) is 6.42.